The molecule has 0 saturated heterocycles. The molecule has 1 aliphatic carbocycles. The van der Waals surface area contributed by atoms with E-state index in [-0.39, 0.29) is 0 Å². The van der Waals surface area contributed by atoms with Crippen molar-refractivity contribution >= 4 is 0 Å². The van der Waals surface area contributed by atoms with E-state index in [0.29, 0.717) is 12.6 Å². The van der Waals surface area contributed by atoms with Crippen molar-refractivity contribution < 1.29 is 4.52 Å². The van der Waals surface area contributed by atoms with Gasteiger partial charge < -0.3 is 9.84 Å². The van der Waals surface area contributed by atoms with E-state index < -0.39 is 0 Å². The Morgan fingerprint density at radius 1 is 1.22 bits per heavy atom. The number of aromatic nitrogens is 4. The van der Waals surface area contributed by atoms with E-state index in [4.69, 9.17) is 4.52 Å². The number of hydrogen-bond donors (Lipinski definition) is 1. The highest BCUT2D eigenvalue weighted by atomic mass is 16.5. The van der Waals surface area contributed by atoms with Gasteiger partial charge in [0.15, 0.2) is 0 Å². The van der Waals surface area contributed by atoms with E-state index in [2.05, 4.69) is 45.1 Å². The van der Waals surface area contributed by atoms with Gasteiger partial charge in [-0.15, -0.1) is 5.10 Å². The molecular formula is C17H19N5O. The number of fused-ring (bicyclic) bond motifs is 1. The van der Waals surface area contributed by atoms with E-state index in [1.54, 1.807) is 10.9 Å². The monoisotopic (exact) mass is 309 g/mol. The first-order valence-electron chi connectivity index (χ1n) is 7.98. The lowest BCUT2D eigenvalue weighted by molar-refractivity contribution is 0.407. The van der Waals surface area contributed by atoms with Gasteiger partial charge in [-0.1, -0.05) is 34.6 Å². The Morgan fingerprint density at radius 2 is 2.17 bits per heavy atom. The smallest absolute Gasteiger partial charge is 0.124 e. The summed E-state index contributed by atoms with van der Waals surface area (Å²) in [4.78, 5) is 0. The van der Waals surface area contributed by atoms with Crippen LogP contribution in [-0.2, 0) is 19.5 Å². The molecule has 1 aromatic carbocycles. The maximum Gasteiger partial charge on any atom is 0.124 e. The molecule has 2 heterocycles. The predicted molar refractivity (Wildman–Crippen MR) is 84.6 cm³/mol. The second kappa shape index (κ2) is 6.34. The highest BCUT2D eigenvalue weighted by Crippen LogP contribution is 2.29. The molecule has 118 valence electrons. The van der Waals surface area contributed by atoms with Crippen LogP contribution in [-0.4, -0.2) is 20.2 Å². The number of benzene rings is 1. The molecule has 1 unspecified atom stereocenters. The molecule has 4 rings (SSSR count). The largest absolute Gasteiger partial charge is 0.364 e. The average molecular weight is 309 g/mol. The molecule has 23 heavy (non-hydrogen) atoms. The van der Waals surface area contributed by atoms with Crippen LogP contribution in [0.4, 0.5) is 0 Å². The van der Waals surface area contributed by atoms with Crippen LogP contribution in [0.3, 0.4) is 0 Å². The quantitative estimate of drug-likeness (QED) is 0.784. The minimum Gasteiger partial charge on any atom is -0.364 e. The zero-order chi connectivity index (χ0) is 15.5. The van der Waals surface area contributed by atoms with Crippen molar-refractivity contribution in [3.8, 4) is 0 Å². The molecule has 1 aliphatic rings. The Labute approximate surface area is 134 Å². The molecule has 2 aromatic heterocycles. The van der Waals surface area contributed by atoms with Crippen LogP contribution < -0.4 is 5.32 Å². The van der Waals surface area contributed by atoms with Crippen molar-refractivity contribution in [1.29, 1.82) is 0 Å². The summed E-state index contributed by atoms with van der Waals surface area (Å²) in [6.07, 6.45) is 7.10. The van der Waals surface area contributed by atoms with E-state index >= 15 is 0 Å². The number of hydrogen-bond acceptors (Lipinski definition) is 5. The van der Waals surface area contributed by atoms with Crippen molar-refractivity contribution in [2.75, 3.05) is 0 Å². The van der Waals surface area contributed by atoms with Gasteiger partial charge in [-0.25, -0.2) is 4.68 Å². The summed E-state index contributed by atoms with van der Waals surface area (Å²) in [5.74, 6) is 0. The van der Waals surface area contributed by atoms with Crippen LogP contribution in [0.25, 0.3) is 0 Å². The van der Waals surface area contributed by atoms with Crippen LogP contribution in [0, 0.1) is 0 Å². The third-order valence-corrected chi connectivity index (χ3v) is 4.30. The van der Waals surface area contributed by atoms with Gasteiger partial charge in [-0.05, 0) is 30.4 Å². The summed E-state index contributed by atoms with van der Waals surface area (Å²) in [6, 6.07) is 10.9. The molecule has 0 amide bonds. The minimum absolute atomic E-state index is 0.403. The van der Waals surface area contributed by atoms with Gasteiger partial charge >= 0.3 is 0 Å². The molecular weight excluding hydrogens is 290 g/mol. The van der Waals surface area contributed by atoms with Gasteiger partial charge in [0, 0.05) is 18.7 Å². The van der Waals surface area contributed by atoms with E-state index in [0.717, 1.165) is 17.9 Å². The zero-order valence-electron chi connectivity index (χ0n) is 12.9. The van der Waals surface area contributed by atoms with Gasteiger partial charge in [-0.3, -0.25) is 0 Å². The summed E-state index contributed by atoms with van der Waals surface area (Å²) >= 11 is 0. The van der Waals surface area contributed by atoms with Gasteiger partial charge in [-0.2, -0.15) is 0 Å². The normalized spacial score (nSPS) is 17.1. The van der Waals surface area contributed by atoms with Crippen LogP contribution >= 0.6 is 0 Å². The molecule has 3 aromatic rings. The van der Waals surface area contributed by atoms with Crippen molar-refractivity contribution in [1.82, 2.24) is 25.5 Å². The molecule has 0 aliphatic heterocycles. The Kier molecular flexibility index (Phi) is 3.90. The highest BCUT2D eigenvalue weighted by molar-refractivity contribution is 5.32. The summed E-state index contributed by atoms with van der Waals surface area (Å²) in [5, 5.41) is 15.9. The second-order valence-corrected chi connectivity index (χ2v) is 5.92. The molecule has 0 radical (unpaired) electrons. The number of rotatable bonds is 5. The topological polar surface area (TPSA) is 68.8 Å². The zero-order valence-corrected chi connectivity index (χ0v) is 12.9. The van der Waals surface area contributed by atoms with Crippen molar-refractivity contribution in [2.24, 2.45) is 0 Å². The molecule has 0 bridgehead atoms. The van der Waals surface area contributed by atoms with E-state index in [1.807, 2.05) is 12.3 Å². The molecule has 0 spiro atoms. The SMILES string of the molecule is c1ccc2c(c1)CCCC2NCc1cn(Cc2ccon2)nn1. The lowest BCUT2D eigenvalue weighted by atomic mass is 9.88. The average Bonchev–Trinajstić information content (AvgIpc) is 3.25. The van der Waals surface area contributed by atoms with Crippen LogP contribution in [0.2, 0.25) is 0 Å². The van der Waals surface area contributed by atoms with Gasteiger partial charge in [0.05, 0.1) is 18.4 Å². The van der Waals surface area contributed by atoms with Crippen LogP contribution in [0.1, 0.15) is 41.4 Å². The Hall–Kier alpha value is -2.47. The van der Waals surface area contributed by atoms with Crippen LogP contribution in [0.5, 0.6) is 0 Å². The van der Waals surface area contributed by atoms with Crippen molar-refractivity contribution in [2.45, 2.75) is 38.4 Å². The fourth-order valence-corrected chi connectivity index (χ4v) is 3.18. The van der Waals surface area contributed by atoms with Crippen molar-refractivity contribution in [3.63, 3.8) is 0 Å². The van der Waals surface area contributed by atoms with Gasteiger partial charge in [0.2, 0.25) is 0 Å². The van der Waals surface area contributed by atoms with E-state index in [1.165, 1.54) is 30.4 Å². The number of nitrogens with one attached hydrogen (secondary N) is 1. The lowest BCUT2D eigenvalue weighted by Crippen LogP contribution is -2.25. The van der Waals surface area contributed by atoms with Crippen LogP contribution in [0.15, 0.2) is 47.3 Å². The molecule has 6 heteroatoms. The first-order chi connectivity index (χ1) is 11.4. The minimum atomic E-state index is 0.403. The Balaban J connectivity index is 1.39. The Bertz CT molecular complexity index is 765. The number of aryl methyl sites for hydroxylation is 1. The molecule has 1 atom stereocenters. The second-order valence-electron chi connectivity index (χ2n) is 5.92. The number of nitrogens with zero attached hydrogens (tertiary/aromatic N) is 4. The lowest BCUT2D eigenvalue weighted by Gasteiger charge is -2.26. The summed E-state index contributed by atoms with van der Waals surface area (Å²) in [5.41, 5.74) is 4.67. The maximum absolute atomic E-state index is 4.83. The van der Waals surface area contributed by atoms with Gasteiger partial charge in [0.25, 0.3) is 0 Å². The first-order valence-corrected chi connectivity index (χ1v) is 7.98. The van der Waals surface area contributed by atoms with Crippen molar-refractivity contribution in [3.05, 3.63) is 65.3 Å². The standard InChI is InChI=1S/C17H19N5O/c1-2-6-16-13(4-1)5-3-7-17(16)18-10-15-12-22(21-19-15)11-14-8-9-23-20-14/h1-2,4,6,8-9,12,17-18H,3,5,7,10-11H2. The fraction of sp³-hybridized carbons (Fsp3) is 0.353. The van der Waals surface area contributed by atoms with Gasteiger partial charge in [0.1, 0.15) is 12.0 Å². The maximum atomic E-state index is 4.83. The first kappa shape index (κ1) is 14.1. The molecule has 0 saturated carbocycles. The highest BCUT2D eigenvalue weighted by Gasteiger charge is 2.19. The van der Waals surface area contributed by atoms with E-state index in [9.17, 15) is 0 Å². The summed E-state index contributed by atoms with van der Waals surface area (Å²) < 4.78 is 6.61. The summed E-state index contributed by atoms with van der Waals surface area (Å²) in [7, 11) is 0. The third-order valence-electron chi connectivity index (χ3n) is 4.30. The molecule has 1 N–H and O–H groups in total. The molecule has 6 nitrogen and oxygen atoms in total. The molecule has 0 fully saturated rings. The summed E-state index contributed by atoms with van der Waals surface area (Å²) in [6.45, 7) is 1.30. The third kappa shape index (κ3) is 3.17. The predicted octanol–water partition coefficient (Wildman–Crippen LogP) is 2.48. The Morgan fingerprint density at radius 3 is 3.09 bits per heavy atom. The fourth-order valence-electron chi connectivity index (χ4n) is 3.18.